The highest BCUT2D eigenvalue weighted by atomic mass is 19.1. The third-order valence-corrected chi connectivity index (χ3v) is 5.56. The Morgan fingerprint density at radius 1 is 1.22 bits per heavy atom. The number of aryl methyl sites for hydroxylation is 1. The van der Waals surface area contributed by atoms with Crippen LogP contribution in [-0.4, -0.2) is 44.6 Å². The minimum absolute atomic E-state index is 0.134. The summed E-state index contributed by atoms with van der Waals surface area (Å²) >= 11 is 0. The van der Waals surface area contributed by atoms with Crippen molar-refractivity contribution in [2.75, 3.05) is 13.1 Å². The van der Waals surface area contributed by atoms with Crippen molar-refractivity contribution in [3.8, 4) is 0 Å². The Hall–Kier alpha value is -2.21. The standard InChI is InChI=1S/C21H27FN4O/c1-24-14-16(13-23-24)15-26(19-9-10-19)21(27)20(25-11-3-2-4-12-25)17-5-7-18(22)8-6-17/h5-8,13-14,19-20H,2-4,9-12,15H2,1H3. The van der Waals surface area contributed by atoms with Crippen molar-refractivity contribution < 1.29 is 9.18 Å². The van der Waals surface area contributed by atoms with Gasteiger partial charge in [0.15, 0.2) is 0 Å². The molecule has 144 valence electrons. The van der Waals surface area contributed by atoms with Crippen molar-refractivity contribution in [1.82, 2.24) is 19.6 Å². The molecule has 1 aromatic carbocycles. The van der Waals surface area contributed by atoms with Gasteiger partial charge in [-0.15, -0.1) is 0 Å². The molecule has 2 aromatic rings. The molecular formula is C21H27FN4O. The van der Waals surface area contributed by atoms with Crippen LogP contribution in [0.2, 0.25) is 0 Å². The van der Waals surface area contributed by atoms with Crippen LogP contribution >= 0.6 is 0 Å². The van der Waals surface area contributed by atoms with Crippen LogP contribution in [0.4, 0.5) is 4.39 Å². The first-order valence-corrected chi connectivity index (χ1v) is 9.89. The highest BCUT2D eigenvalue weighted by molar-refractivity contribution is 5.84. The van der Waals surface area contributed by atoms with Gasteiger partial charge in [-0.1, -0.05) is 18.6 Å². The van der Waals surface area contributed by atoms with Crippen LogP contribution in [0.3, 0.4) is 0 Å². The molecule has 2 fully saturated rings. The Kier molecular flexibility index (Phi) is 5.25. The molecule has 0 bridgehead atoms. The normalized spacial score (nSPS) is 19.0. The van der Waals surface area contributed by atoms with E-state index in [0.717, 1.165) is 49.9 Å². The predicted molar refractivity (Wildman–Crippen MR) is 101 cm³/mol. The summed E-state index contributed by atoms with van der Waals surface area (Å²) in [7, 11) is 1.89. The second-order valence-electron chi connectivity index (χ2n) is 7.77. The van der Waals surface area contributed by atoms with E-state index in [0.29, 0.717) is 12.6 Å². The largest absolute Gasteiger partial charge is 0.334 e. The SMILES string of the molecule is Cn1cc(CN(C(=O)C(c2ccc(F)cc2)N2CCCCC2)C2CC2)cn1. The number of aromatic nitrogens is 2. The molecule has 1 aromatic heterocycles. The van der Waals surface area contributed by atoms with Gasteiger partial charge in [-0.3, -0.25) is 14.4 Å². The van der Waals surface area contributed by atoms with Crippen molar-refractivity contribution in [2.24, 2.45) is 7.05 Å². The van der Waals surface area contributed by atoms with Gasteiger partial charge in [0.2, 0.25) is 5.91 Å². The van der Waals surface area contributed by atoms with Gasteiger partial charge in [0.05, 0.1) is 6.20 Å². The molecule has 1 atom stereocenters. The fraction of sp³-hybridized carbons (Fsp3) is 0.524. The number of piperidine rings is 1. The van der Waals surface area contributed by atoms with Crippen LogP contribution in [0.5, 0.6) is 0 Å². The molecule has 0 spiro atoms. The number of nitrogens with zero attached hydrogens (tertiary/aromatic N) is 4. The molecule has 2 aliphatic rings. The number of carbonyl (C=O) groups excluding carboxylic acids is 1. The quantitative estimate of drug-likeness (QED) is 0.784. The summed E-state index contributed by atoms with van der Waals surface area (Å²) in [5.74, 6) is -0.132. The Balaban J connectivity index is 1.62. The van der Waals surface area contributed by atoms with Gasteiger partial charge in [-0.2, -0.15) is 5.10 Å². The lowest BCUT2D eigenvalue weighted by Crippen LogP contribution is -2.45. The molecule has 1 aliphatic carbocycles. The summed E-state index contributed by atoms with van der Waals surface area (Å²) in [6.07, 6.45) is 9.34. The van der Waals surface area contributed by atoms with Gasteiger partial charge in [0.25, 0.3) is 0 Å². The minimum Gasteiger partial charge on any atom is -0.334 e. The zero-order valence-corrected chi connectivity index (χ0v) is 15.9. The number of halogens is 1. The monoisotopic (exact) mass is 370 g/mol. The molecule has 1 amide bonds. The summed E-state index contributed by atoms with van der Waals surface area (Å²) in [5.41, 5.74) is 1.94. The van der Waals surface area contributed by atoms with Gasteiger partial charge in [0, 0.05) is 31.4 Å². The number of benzene rings is 1. The van der Waals surface area contributed by atoms with E-state index >= 15 is 0 Å². The summed E-state index contributed by atoms with van der Waals surface area (Å²) in [4.78, 5) is 18.0. The van der Waals surface area contributed by atoms with E-state index in [9.17, 15) is 9.18 Å². The van der Waals surface area contributed by atoms with E-state index in [1.807, 2.05) is 24.3 Å². The Morgan fingerprint density at radius 2 is 1.93 bits per heavy atom. The van der Waals surface area contributed by atoms with E-state index in [1.165, 1.54) is 18.6 Å². The summed E-state index contributed by atoms with van der Waals surface area (Å²) in [6, 6.07) is 6.43. The van der Waals surface area contributed by atoms with Gasteiger partial charge in [-0.25, -0.2) is 4.39 Å². The van der Waals surface area contributed by atoms with Gasteiger partial charge in [0.1, 0.15) is 11.9 Å². The minimum atomic E-state index is -0.330. The second-order valence-corrected chi connectivity index (χ2v) is 7.77. The maximum absolute atomic E-state index is 13.7. The van der Waals surface area contributed by atoms with Crippen LogP contribution < -0.4 is 0 Å². The fourth-order valence-electron chi connectivity index (χ4n) is 4.01. The first kappa shape index (κ1) is 18.2. The van der Waals surface area contributed by atoms with Crippen LogP contribution in [0.25, 0.3) is 0 Å². The Bertz CT molecular complexity index is 778. The van der Waals surface area contributed by atoms with Gasteiger partial charge in [-0.05, 0) is 56.5 Å². The van der Waals surface area contributed by atoms with Gasteiger partial charge >= 0.3 is 0 Å². The number of carbonyl (C=O) groups is 1. The number of hydrogen-bond acceptors (Lipinski definition) is 3. The molecule has 1 unspecified atom stereocenters. The number of rotatable bonds is 6. The third kappa shape index (κ3) is 4.21. The van der Waals surface area contributed by atoms with Crippen molar-refractivity contribution in [3.63, 3.8) is 0 Å². The van der Waals surface area contributed by atoms with Crippen molar-refractivity contribution in [2.45, 2.75) is 50.7 Å². The van der Waals surface area contributed by atoms with Crippen LogP contribution in [0.1, 0.15) is 49.3 Å². The topological polar surface area (TPSA) is 41.4 Å². The fourth-order valence-corrected chi connectivity index (χ4v) is 4.01. The molecule has 1 saturated carbocycles. The van der Waals surface area contributed by atoms with Crippen LogP contribution in [0.15, 0.2) is 36.7 Å². The number of likely N-dealkylation sites (tertiary alicyclic amines) is 1. The Labute approximate surface area is 159 Å². The molecule has 5 nitrogen and oxygen atoms in total. The van der Waals surface area contributed by atoms with Crippen molar-refractivity contribution in [1.29, 1.82) is 0 Å². The summed E-state index contributed by atoms with van der Waals surface area (Å²) in [6.45, 7) is 2.42. The lowest BCUT2D eigenvalue weighted by Gasteiger charge is -2.37. The molecular weight excluding hydrogens is 343 g/mol. The first-order valence-electron chi connectivity index (χ1n) is 9.89. The first-order chi connectivity index (χ1) is 13.1. The highest BCUT2D eigenvalue weighted by Gasteiger charge is 2.39. The third-order valence-electron chi connectivity index (χ3n) is 5.56. The molecule has 4 rings (SSSR count). The smallest absolute Gasteiger partial charge is 0.245 e. The lowest BCUT2D eigenvalue weighted by molar-refractivity contribution is -0.139. The summed E-state index contributed by atoms with van der Waals surface area (Å²) in [5, 5.41) is 4.24. The van der Waals surface area contributed by atoms with Crippen LogP contribution in [-0.2, 0) is 18.4 Å². The molecule has 1 aliphatic heterocycles. The summed E-state index contributed by atoms with van der Waals surface area (Å²) < 4.78 is 15.2. The lowest BCUT2D eigenvalue weighted by atomic mass is 10.00. The van der Waals surface area contributed by atoms with Crippen molar-refractivity contribution >= 4 is 5.91 Å². The maximum Gasteiger partial charge on any atom is 0.245 e. The Morgan fingerprint density at radius 3 is 2.52 bits per heavy atom. The van der Waals surface area contributed by atoms with E-state index in [1.54, 1.807) is 16.8 Å². The predicted octanol–water partition coefficient (Wildman–Crippen LogP) is 3.28. The zero-order valence-electron chi connectivity index (χ0n) is 15.9. The molecule has 0 N–H and O–H groups in total. The molecule has 0 radical (unpaired) electrons. The van der Waals surface area contributed by atoms with Crippen molar-refractivity contribution in [3.05, 3.63) is 53.6 Å². The van der Waals surface area contributed by atoms with Gasteiger partial charge < -0.3 is 4.90 Å². The molecule has 27 heavy (non-hydrogen) atoms. The second kappa shape index (κ2) is 7.80. The average molecular weight is 370 g/mol. The van der Waals surface area contributed by atoms with E-state index in [4.69, 9.17) is 0 Å². The average Bonchev–Trinajstić information content (AvgIpc) is 3.44. The highest BCUT2D eigenvalue weighted by Crippen LogP contribution is 2.34. The number of hydrogen-bond donors (Lipinski definition) is 0. The molecule has 2 heterocycles. The maximum atomic E-state index is 13.7. The van der Waals surface area contributed by atoms with E-state index in [-0.39, 0.29) is 17.8 Å². The molecule has 6 heteroatoms. The number of amides is 1. The zero-order chi connectivity index (χ0) is 18.8. The van der Waals surface area contributed by atoms with E-state index < -0.39 is 0 Å². The molecule has 1 saturated heterocycles. The van der Waals surface area contributed by atoms with Crippen LogP contribution in [0, 0.1) is 5.82 Å². The van der Waals surface area contributed by atoms with E-state index in [2.05, 4.69) is 10.00 Å².